The Morgan fingerprint density at radius 2 is 0.713 bits per heavy atom. The Kier molecular flexibility index (Phi) is 38.1. The van der Waals surface area contributed by atoms with E-state index in [-0.39, 0.29) is 116 Å². The first-order chi connectivity index (χ1) is 69.1. The molecule has 6 aliphatic heterocycles. The summed E-state index contributed by atoms with van der Waals surface area (Å²) in [5.41, 5.74) is -4.50. The molecule has 3 unspecified atom stereocenters. The van der Waals surface area contributed by atoms with E-state index < -0.39 is 224 Å². The highest BCUT2D eigenvalue weighted by molar-refractivity contribution is 7.89. The van der Waals surface area contributed by atoms with Gasteiger partial charge in [-0.1, -0.05) is 236 Å². The summed E-state index contributed by atoms with van der Waals surface area (Å²) in [6.07, 6.45) is 11.4. The van der Waals surface area contributed by atoms with Crippen LogP contribution in [0.5, 0.6) is 0 Å². The van der Waals surface area contributed by atoms with Crippen molar-refractivity contribution in [1.29, 1.82) is 0 Å². The third kappa shape index (κ3) is 28.1. The summed E-state index contributed by atoms with van der Waals surface area (Å²) in [6, 6.07) is -10.9. The van der Waals surface area contributed by atoms with E-state index >= 15 is 0 Å². The summed E-state index contributed by atoms with van der Waals surface area (Å²) in [5.74, 6) is -7.17. The normalized spacial score (nSPS) is 25.5. The minimum atomic E-state index is -3.69. The molecule has 45 heteroatoms. The second-order valence-corrected chi connectivity index (χ2v) is 58.2. The van der Waals surface area contributed by atoms with Gasteiger partial charge in [0, 0.05) is 129 Å². The van der Waals surface area contributed by atoms with Crippen LogP contribution in [-0.4, -0.2) is 322 Å². The zero-order valence-electron chi connectivity index (χ0n) is 93.3. The van der Waals surface area contributed by atoms with Gasteiger partial charge in [-0.25, -0.2) is 22.8 Å². The second kappa shape index (κ2) is 46.7. The van der Waals surface area contributed by atoms with E-state index in [9.17, 15) is 97.2 Å². The van der Waals surface area contributed by atoms with Crippen molar-refractivity contribution in [1.82, 2.24) is 100 Å². The fraction of sp³-hybridized carbons (Fsp3) is 0.762. The van der Waals surface area contributed by atoms with E-state index in [0.29, 0.717) is 70.0 Å². The molecule has 7 heterocycles. The van der Waals surface area contributed by atoms with Crippen molar-refractivity contribution in [3.05, 3.63) is 54.3 Å². The van der Waals surface area contributed by atoms with Gasteiger partial charge < -0.3 is 78.5 Å². The Labute approximate surface area is 892 Å². The quantitative estimate of drug-likeness (QED) is 0.0253. The van der Waals surface area contributed by atoms with Crippen LogP contribution in [0.2, 0.25) is 0 Å². The van der Waals surface area contributed by atoms with Crippen molar-refractivity contribution in [2.45, 2.75) is 321 Å². The van der Waals surface area contributed by atoms with Gasteiger partial charge in [-0.15, -0.1) is 31.1 Å². The number of unbranched alkanes of at least 4 members (excludes halogenated alkanes) is 1. The molecule has 12 rings (SSSR count). The molecule has 12 N–H and O–H groups in total. The number of carbonyl (C=O) groups excluding carboxylic acids is 15. The van der Waals surface area contributed by atoms with Crippen molar-refractivity contribution >= 4 is 130 Å². The molecule has 10 fully saturated rings. The van der Waals surface area contributed by atoms with Crippen LogP contribution in [0.25, 0.3) is 0 Å². The molecule has 0 bridgehead atoms. The molecule has 11 aliphatic rings. The zero-order valence-corrected chi connectivity index (χ0v) is 96.6. The molecule has 0 aromatic carbocycles. The number of carbonyl (C=O) groups is 15. The maximum Gasteiger partial charge on any atom is 0.315 e. The molecular formula is C105H172N20O21S4. The van der Waals surface area contributed by atoms with E-state index in [0.717, 1.165) is 43.4 Å². The molecule has 1 aromatic heterocycles. The maximum atomic E-state index is 14.5. The lowest BCUT2D eigenvalue weighted by Crippen LogP contribution is -2.63. The van der Waals surface area contributed by atoms with Gasteiger partial charge in [0.25, 0.3) is 38.1 Å². The number of likely N-dealkylation sites (N-methyl/N-ethyl adjacent to an activating group) is 2. The SMILES string of the molecule is C=CCNC(=O)C(=O)C(CC1CC1)NC(=O)[C@@H]1[C@@H]2[C@H](CN1C(=O)[C@@H](NC(=O)N[C@H](CN1CCN(C)S1(=O)=O)C(C)(C)C)C(C)(C)C)C2(C)C.C=CCNC(=O)C(=O)C(CC1CCC1)NC(=O)[C@@H]1[C@@H]2[C@H](CN1C(=O)[C@@H](NC(=O)N[C@H](CN1CCN(C)S1(=O)=O)C(C)(C)C)C(C)(C)C)C2(C)C.C=CCNC(=O)C(=O)C(CCCC)NC(=O)[C@@H]1[C@@H]2[C@H](CN1C(=O)[C@@H](NC(=O)N[C@H](CN1Cc3sccc3S1(=O)=O)C(C)(C)C)C(C)(C)C)C2(C)C. The topological polar surface area (TPSA) is 529 Å². The zero-order chi connectivity index (χ0) is 113. The minimum Gasteiger partial charge on any atom is -0.346 e. The molecule has 5 saturated heterocycles. The molecule has 5 saturated carbocycles. The predicted molar refractivity (Wildman–Crippen MR) is 571 cm³/mol. The number of hydrogen-bond donors (Lipinski definition) is 12. The van der Waals surface area contributed by atoms with E-state index in [1.165, 1.54) is 79.9 Å². The lowest BCUT2D eigenvalue weighted by atomic mass is 9.80. The second-order valence-electron chi connectivity index (χ2n) is 51.2. The van der Waals surface area contributed by atoms with Crippen LogP contribution in [0.3, 0.4) is 0 Å². The Morgan fingerprint density at radius 1 is 0.413 bits per heavy atom. The van der Waals surface area contributed by atoms with Gasteiger partial charge in [-0.05, 0) is 127 Å². The predicted octanol–water partition coefficient (Wildman–Crippen LogP) is 6.29. The van der Waals surface area contributed by atoms with Crippen molar-refractivity contribution in [2.75, 3.05) is 99.2 Å². The third-order valence-electron chi connectivity index (χ3n) is 32.8. The van der Waals surface area contributed by atoms with Gasteiger partial charge in [0.15, 0.2) is 0 Å². The number of sulfonamides is 1. The van der Waals surface area contributed by atoms with E-state index in [4.69, 9.17) is 0 Å². The number of amides is 15. The number of urea groups is 3. The van der Waals surface area contributed by atoms with Crippen LogP contribution < -0.4 is 63.8 Å². The summed E-state index contributed by atoms with van der Waals surface area (Å²) >= 11 is 1.38. The average Bonchev–Trinajstić information content (AvgIpc) is 1.53. The monoisotopic (exact) mass is 2180 g/mol. The first kappa shape index (κ1) is 122. The molecule has 150 heavy (non-hydrogen) atoms. The molecule has 0 radical (unpaired) electrons. The number of likely N-dealkylation sites (tertiary alicyclic amines) is 3. The lowest BCUT2D eigenvalue weighted by molar-refractivity contribution is -0.145. The van der Waals surface area contributed by atoms with Gasteiger partial charge in [0.2, 0.25) is 62.8 Å². The van der Waals surface area contributed by atoms with Crippen molar-refractivity contribution < 1.29 is 97.2 Å². The van der Waals surface area contributed by atoms with Gasteiger partial charge in [0.1, 0.15) is 36.3 Å². The van der Waals surface area contributed by atoms with Gasteiger partial charge in [0.05, 0.1) is 23.0 Å². The first-order valence-corrected chi connectivity index (χ1v) is 58.0. The highest BCUT2D eigenvalue weighted by Gasteiger charge is 2.73. The smallest absolute Gasteiger partial charge is 0.315 e. The van der Waals surface area contributed by atoms with Crippen LogP contribution in [0.4, 0.5) is 14.4 Å². The van der Waals surface area contributed by atoms with Gasteiger partial charge in [-0.2, -0.15) is 38.4 Å². The molecule has 842 valence electrons. The standard InChI is InChI=1S/C36H56N6O7S2.C35H59N7O7S.C34H57N7O7S/c1-11-13-14-22(28(43)31(45)37-16-12-2)38-30(44)27-26-21(36(26,9)10)18-42(27)32(46)29(35(6,7)8)40-33(47)39-25(34(3,4)5)20-41-19-23-24(15-17-50-23)51(41,48)49;1-11-15-36-30(45)27(43)23(18-21-13-12-14-21)37-29(44)26-25-22(35(25,8)9)19-42(26)31(46)28(34(5,6)7)39-32(47)38-24(33(2,3)4)20-41-17-16-40(10)50(41,48)49;1-11-14-35-29(44)26(42)22(17-20-12-13-20)36-28(43)25-24-21(34(24,8)9)18-41(25)30(45)27(33(5,6)7)38-31(46)37-23(32(2,3)4)19-40-16-15-39(10)49(40,47)48/h12,15,17,21-22,25-27,29H,2,11,13-14,16,18-20H2,1,3-10H3,(H,37,45)(H,38,44)(H2,39,40,47);11,21-26,28H,1,12-20H2,2-10H3,(H,36,45)(H,37,44)(H2,38,39,47);11,20-25,27H,1,12-19H2,2-10H3,(H,35,44)(H,36,43)(H2,37,38,46)/t21-,22?,25+,26-,27-,29+;22-,23?,24+,25-,26-,28+;21-,22?,23+,24-,25-,27+/m000/s1. The summed E-state index contributed by atoms with van der Waals surface area (Å²) in [5, 5.41) is 35.2. The van der Waals surface area contributed by atoms with E-state index in [2.05, 4.69) is 111 Å². The number of rotatable bonds is 40. The highest BCUT2D eigenvalue weighted by Crippen LogP contribution is 2.67. The number of nitrogens with one attached hydrogen (secondary N) is 12. The Hall–Kier alpha value is -9.38. The van der Waals surface area contributed by atoms with Crippen LogP contribution in [0.15, 0.2) is 54.3 Å². The number of nitrogens with zero attached hydrogens (tertiary/aromatic N) is 8. The lowest BCUT2D eigenvalue weighted by Gasteiger charge is -2.39. The number of Topliss-reactive ketones (excluding diaryl/α,β-unsaturated/α-hetero) is 3. The van der Waals surface area contributed by atoms with E-state index in [1.807, 2.05) is 145 Å². The summed E-state index contributed by atoms with van der Waals surface area (Å²) in [4.78, 5) is 209. The minimum absolute atomic E-state index is 0.0447. The van der Waals surface area contributed by atoms with Gasteiger partial charge in [-0.3, -0.25) is 57.5 Å². The molecule has 41 nitrogen and oxygen atoms in total. The average molecular weight is 2180 g/mol. The van der Waals surface area contributed by atoms with Crippen molar-refractivity contribution in [3.63, 3.8) is 0 Å². The number of thiophene rings is 1. The summed E-state index contributed by atoms with van der Waals surface area (Å²) in [7, 11) is -7.92. The number of ketones is 3. The fourth-order valence-electron chi connectivity index (χ4n) is 21.9. The Morgan fingerprint density at radius 3 is 0.973 bits per heavy atom. The molecule has 18 atom stereocenters. The molecule has 1 aromatic rings. The summed E-state index contributed by atoms with van der Waals surface area (Å²) < 4.78 is 84.2. The molecular weight excluding hydrogens is 2010 g/mol. The van der Waals surface area contributed by atoms with Crippen molar-refractivity contribution in [3.8, 4) is 0 Å². The number of piperidine rings is 3. The molecule has 5 aliphatic carbocycles. The van der Waals surface area contributed by atoms with Gasteiger partial charge >= 0.3 is 18.1 Å². The highest BCUT2D eigenvalue weighted by atomic mass is 32.2. The Balaban J connectivity index is 0.000000230. The van der Waals surface area contributed by atoms with Crippen LogP contribution >= 0.6 is 11.3 Å². The number of hydrogen-bond acceptors (Lipinski definition) is 22. The maximum absolute atomic E-state index is 14.5. The molecule has 15 amide bonds. The number of fused-ring (bicyclic) bond motifs is 4. The van der Waals surface area contributed by atoms with E-state index in [1.54, 1.807) is 11.4 Å². The van der Waals surface area contributed by atoms with Crippen molar-refractivity contribution in [2.24, 2.45) is 96.1 Å². The molecule has 0 spiro atoms. The Bertz CT molecular complexity index is 5620. The largest absolute Gasteiger partial charge is 0.346 e. The van der Waals surface area contributed by atoms with Crippen LogP contribution in [-0.2, 0) is 94.5 Å². The summed E-state index contributed by atoms with van der Waals surface area (Å²) in [6.45, 7) is 61.6. The first-order valence-electron chi connectivity index (χ1n) is 52.9. The van der Waals surface area contributed by atoms with Crippen LogP contribution in [0, 0.1) is 96.1 Å². The van der Waals surface area contributed by atoms with Crippen LogP contribution in [0.1, 0.15) is 242 Å². The third-order valence-corrected chi connectivity index (χ3v) is 39.6. The fourth-order valence-corrected chi connectivity index (χ4v) is 27.6.